The number of allylic oxidation sites excluding steroid dienone is 3. The first-order valence-electron chi connectivity index (χ1n) is 9.27. The van der Waals surface area contributed by atoms with E-state index >= 15 is 0 Å². The predicted molar refractivity (Wildman–Crippen MR) is 103 cm³/mol. The molecule has 1 aromatic carbocycles. The van der Waals surface area contributed by atoms with Gasteiger partial charge in [-0.1, -0.05) is 31.6 Å². The van der Waals surface area contributed by atoms with Crippen LogP contribution >= 0.6 is 0 Å². The van der Waals surface area contributed by atoms with Gasteiger partial charge in [0.2, 0.25) is 0 Å². The summed E-state index contributed by atoms with van der Waals surface area (Å²) in [7, 11) is 0. The summed E-state index contributed by atoms with van der Waals surface area (Å²) < 4.78 is 5.82. The Balaban J connectivity index is 2.33. The number of carbonyl (C=O) groups excluding carboxylic acids is 1. The Kier molecular flexibility index (Phi) is 6.65. The molecule has 4 heteroatoms. The number of ether oxygens (including phenoxy) is 1. The molecular weight excluding hydrogens is 328 g/mol. The van der Waals surface area contributed by atoms with Gasteiger partial charge in [-0.05, 0) is 68.9 Å². The Morgan fingerprint density at radius 1 is 1.23 bits per heavy atom. The molecular formula is C22H30O4. The highest BCUT2D eigenvalue weighted by Gasteiger charge is 2.31. The van der Waals surface area contributed by atoms with Gasteiger partial charge < -0.3 is 14.9 Å². The highest BCUT2D eigenvalue weighted by Crippen LogP contribution is 2.30. The molecule has 2 N–H and O–H groups in total. The molecule has 1 aliphatic rings. The van der Waals surface area contributed by atoms with E-state index < -0.39 is 17.7 Å². The summed E-state index contributed by atoms with van der Waals surface area (Å²) in [5.74, 6) is -0.159. The monoisotopic (exact) mass is 358 g/mol. The highest BCUT2D eigenvalue weighted by molar-refractivity contribution is 5.89. The van der Waals surface area contributed by atoms with Gasteiger partial charge in [-0.3, -0.25) is 0 Å². The molecule has 2 unspecified atom stereocenters. The topological polar surface area (TPSA) is 66.8 Å². The van der Waals surface area contributed by atoms with Gasteiger partial charge in [0.05, 0.1) is 11.2 Å². The average Bonchev–Trinajstić information content (AvgIpc) is 2.54. The fraction of sp³-hybridized carbons (Fsp3) is 0.500. The number of carbonyl (C=O) groups is 1. The van der Waals surface area contributed by atoms with Gasteiger partial charge in [-0.2, -0.15) is 0 Å². The van der Waals surface area contributed by atoms with Crippen LogP contribution in [0.15, 0.2) is 47.6 Å². The van der Waals surface area contributed by atoms with Crippen LogP contribution in [0.5, 0.6) is 5.75 Å². The highest BCUT2D eigenvalue weighted by atomic mass is 16.5. The molecule has 4 nitrogen and oxygen atoms in total. The second-order valence-electron chi connectivity index (χ2n) is 7.83. The van der Waals surface area contributed by atoms with E-state index in [4.69, 9.17) is 4.74 Å². The fourth-order valence-corrected chi connectivity index (χ4v) is 3.27. The van der Waals surface area contributed by atoms with Crippen molar-refractivity contribution in [1.29, 1.82) is 0 Å². The largest absolute Gasteiger partial charge is 0.508 e. The third-order valence-electron chi connectivity index (χ3n) is 4.86. The summed E-state index contributed by atoms with van der Waals surface area (Å²) in [5, 5.41) is 20.2. The first-order chi connectivity index (χ1) is 12.2. The molecule has 0 aromatic heterocycles. The second-order valence-corrected chi connectivity index (χ2v) is 7.83. The van der Waals surface area contributed by atoms with Crippen LogP contribution in [0.4, 0.5) is 0 Å². The lowest BCUT2D eigenvalue weighted by Crippen LogP contribution is -2.35. The number of rotatable bonds is 3. The molecule has 0 fully saturated rings. The van der Waals surface area contributed by atoms with E-state index in [0.717, 1.165) is 18.4 Å². The summed E-state index contributed by atoms with van der Waals surface area (Å²) >= 11 is 0. The van der Waals surface area contributed by atoms with Crippen LogP contribution in [0.25, 0.3) is 0 Å². The molecule has 1 aliphatic carbocycles. The quantitative estimate of drug-likeness (QED) is 0.764. The lowest BCUT2D eigenvalue weighted by Gasteiger charge is -2.32. The summed E-state index contributed by atoms with van der Waals surface area (Å²) in [6, 6.07) is 6.01. The zero-order valence-corrected chi connectivity index (χ0v) is 16.2. The third-order valence-corrected chi connectivity index (χ3v) is 4.86. The number of hydrogen-bond acceptors (Lipinski definition) is 4. The van der Waals surface area contributed by atoms with Crippen molar-refractivity contribution in [3.63, 3.8) is 0 Å². The van der Waals surface area contributed by atoms with Gasteiger partial charge in [0.1, 0.15) is 11.9 Å². The van der Waals surface area contributed by atoms with Crippen molar-refractivity contribution in [3.05, 3.63) is 53.1 Å². The van der Waals surface area contributed by atoms with Gasteiger partial charge in [0, 0.05) is 6.42 Å². The SMILES string of the molecule is C/C1=C\C=C(\C(C)C)C(OC(=O)c2ccc(O)cc2)CC(C)(O)CCC1. The first kappa shape index (κ1) is 20.2. The Morgan fingerprint density at radius 2 is 1.88 bits per heavy atom. The van der Waals surface area contributed by atoms with Gasteiger partial charge in [-0.15, -0.1) is 0 Å². The zero-order chi connectivity index (χ0) is 19.3. The van der Waals surface area contributed by atoms with Crippen LogP contribution in [0.2, 0.25) is 0 Å². The Bertz CT molecular complexity index is 681. The Labute approximate surface area is 156 Å². The number of aromatic hydroxyl groups is 1. The summed E-state index contributed by atoms with van der Waals surface area (Å²) in [5.41, 5.74) is 1.74. The van der Waals surface area contributed by atoms with E-state index in [1.54, 1.807) is 12.1 Å². The van der Waals surface area contributed by atoms with E-state index in [9.17, 15) is 15.0 Å². The van der Waals surface area contributed by atoms with E-state index in [-0.39, 0.29) is 11.7 Å². The summed E-state index contributed by atoms with van der Waals surface area (Å²) in [4.78, 5) is 12.6. The number of phenols is 1. The molecule has 0 aliphatic heterocycles. The second kappa shape index (κ2) is 8.54. The molecule has 0 amide bonds. The van der Waals surface area contributed by atoms with Crippen molar-refractivity contribution in [2.75, 3.05) is 0 Å². The molecule has 142 valence electrons. The van der Waals surface area contributed by atoms with Gasteiger partial charge >= 0.3 is 5.97 Å². The van der Waals surface area contributed by atoms with E-state index in [1.165, 1.54) is 17.7 Å². The third kappa shape index (κ3) is 5.73. The molecule has 0 spiro atoms. The maximum Gasteiger partial charge on any atom is 0.338 e. The van der Waals surface area contributed by atoms with Crippen LogP contribution < -0.4 is 0 Å². The Morgan fingerprint density at radius 3 is 2.50 bits per heavy atom. The van der Waals surface area contributed by atoms with Gasteiger partial charge in [0.15, 0.2) is 0 Å². The normalized spacial score (nSPS) is 28.6. The number of benzene rings is 1. The van der Waals surface area contributed by atoms with Crippen molar-refractivity contribution in [2.45, 2.75) is 65.1 Å². The molecule has 2 rings (SSSR count). The van der Waals surface area contributed by atoms with Crippen LogP contribution in [0.1, 0.15) is 63.7 Å². The van der Waals surface area contributed by atoms with Crippen LogP contribution in [0.3, 0.4) is 0 Å². The van der Waals surface area contributed by atoms with Crippen molar-refractivity contribution in [3.8, 4) is 5.75 Å². The van der Waals surface area contributed by atoms with Gasteiger partial charge in [0.25, 0.3) is 0 Å². The van der Waals surface area contributed by atoms with Crippen molar-refractivity contribution in [1.82, 2.24) is 0 Å². The standard InChI is InChI=1S/C22H30O4/c1-15(2)19-12-7-16(3)6-5-13-22(4,25)14-20(19)26-21(24)17-8-10-18(23)11-9-17/h7-12,15,20,23,25H,5-6,13-14H2,1-4H3/b16-7+,19-12-. The molecule has 0 saturated carbocycles. The van der Waals surface area contributed by atoms with E-state index in [0.29, 0.717) is 18.4 Å². The number of hydrogen-bond donors (Lipinski definition) is 2. The lowest BCUT2D eigenvalue weighted by atomic mass is 9.84. The predicted octanol–water partition coefficient (Wildman–Crippen LogP) is 4.77. The Hall–Kier alpha value is -2.07. The van der Waals surface area contributed by atoms with E-state index in [1.807, 2.05) is 13.0 Å². The maximum atomic E-state index is 12.6. The number of phenolic OH excluding ortho intramolecular Hbond substituents is 1. The number of aliphatic hydroxyl groups is 1. The van der Waals surface area contributed by atoms with E-state index in [2.05, 4.69) is 26.8 Å². The van der Waals surface area contributed by atoms with Crippen molar-refractivity contribution >= 4 is 5.97 Å². The molecule has 0 saturated heterocycles. The van der Waals surface area contributed by atoms with Gasteiger partial charge in [-0.25, -0.2) is 4.79 Å². The van der Waals surface area contributed by atoms with Crippen LogP contribution in [-0.4, -0.2) is 27.9 Å². The molecule has 1 aromatic rings. The maximum absolute atomic E-state index is 12.6. The summed E-state index contributed by atoms with van der Waals surface area (Å²) in [6.07, 6.45) is 6.53. The van der Waals surface area contributed by atoms with Crippen molar-refractivity contribution in [2.24, 2.45) is 5.92 Å². The molecule has 26 heavy (non-hydrogen) atoms. The minimum atomic E-state index is -0.897. The minimum absolute atomic E-state index is 0.103. The van der Waals surface area contributed by atoms with Crippen molar-refractivity contribution < 1.29 is 19.7 Å². The molecule has 2 atom stereocenters. The average molecular weight is 358 g/mol. The molecule has 0 bridgehead atoms. The van der Waals surface area contributed by atoms with Crippen LogP contribution in [-0.2, 0) is 4.74 Å². The molecule has 0 radical (unpaired) electrons. The van der Waals surface area contributed by atoms with Crippen LogP contribution in [0, 0.1) is 5.92 Å². The fourth-order valence-electron chi connectivity index (χ4n) is 3.27. The molecule has 0 heterocycles. The smallest absolute Gasteiger partial charge is 0.338 e. The zero-order valence-electron chi connectivity index (χ0n) is 16.2. The number of esters is 1. The lowest BCUT2D eigenvalue weighted by molar-refractivity contribution is -0.0135. The summed E-state index contributed by atoms with van der Waals surface area (Å²) in [6.45, 7) is 8.03. The first-order valence-corrected chi connectivity index (χ1v) is 9.27. The minimum Gasteiger partial charge on any atom is -0.508 e.